The molecule has 0 aliphatic heterocycles. The molecular weight excluding hydrogens is 254 g/mol. The molecule has 0 spiro atoms. The molecule has 3 nitrogen and oxygen atoms in total. The molecule has 1 aliphatic carbocycles. The average molecular weight is 275 g/mol. The van der Waals surface area contributed by atoms with Crippen LogP contribution < -0.4 is 5.32 Å². The Morgan fingerprint density at radius 1 is 1.26 bits per heavy atom. The molecule has 19 heavy (non-hydrogen) atoms. The Hall–Kier alpha value is -1.16. The molecule has 3 rings (SSSR count). The van der Waals surface area contributed by atoms with Gasteiger partial charge in [-0.05, 0) is 30.7 Å². The van der Waals surface area contributed by atoms with Crippen LogP contribution in [0.3, 0.4) is 0 Å². The van der Waals surface area contributed by atoms with E-state index in [0.717, 1.165) is 29.4 Å². The number of nitrogens with zero attached hydrogens (tertiary/aromatic N) is 2. The zero-order valence-electron chi connectivity index (χ0n) is 11.5. The molecule has 0 bridgehead atoms. The van der Waals surface area contributed by atoms with Crippen LogP contribution in [-0.4, -0.2) is 16.5 Å². The van der Waals surface area contributed by atoms with E-state index in [4.69, 9.17) is 9.97 Å². The third-order valence-electron chi connectivity index (χ3n) is 3.86. The monoisotopic (exact) mass is 275 g/mol. The minimum Gasteiger partial charge on any atom is -0.369 e. The van der Waals surface area contributed by atoms with E-state index >= 15 is 0 Å². The number of anilines is 1. The quantitative estimate of drug-likeness (QED) is 0.888. The summed E-state index contributed by atoms with van der Waals surface area (Å²) in [5, 5.41) is 6.75. The molecule has 2 heterocycles. The van der Waals surface area contributed by atoms with E-state index in [1.54, 1.807) is 11.3 Å². The molecule has 102 valence electrons. The van der Waals surface area contributed by atoms with E-state index < -0.39 is 0 Å². The van der Waals surface area contributed by atoms with Crippen LogP contribution >= 0.6 is 11.3 Å². The number of aromatic nitrogens is 2. The summed E-state index contributed by atoms with van der Waals surface area (Å²) in [6, 6.07) is 2.13. The van der Waals surface area contributed by atoms with Gasteiger partial charge in [-0.15, -0.1) is 11.3 Å². The van der Waals surface area contributed by atoms with Gasteiger partial charge >= 0.3 is 0 Å². The van der Waals surface area contributed by atoms with Crippen molar-refractivity contribution in [3.05, 3.63) is 17.3 Å². The van der Waals surface area contributed by atoms with Crippen LogP contribution in [0.2, 0.25) is 0 Å². The lowest BCUT2D eigenvalue weighted by Crippen LogP contribution is -2.11. The number of fused-ring (bicyclic) bond motifs is 1. The van der Waals surface area contributed by atoms with Crippen LogP contribution in [0.25, 0.3) is 10.2 Å². The fourth-order valence-electron chi connectivity index (χ4n) is 2.79. The minimum atomic E-state index is 0.572. The molecule has 2 aromatic heterocycles. The highest BCUT2D eigenvalue weighted by molar-refractivity contribution is 7.16. The van der Waals surface area contributed by atoms with Crippen molar-refractivity contribution in [2.24, 2.45) is 0 Å². The Balaban J connectivity index is 1.95. The summed E-state index contributed by atoms with van der Waals surface area (Å²) in [6.45, 7) is 3.16. The van der Waals surface area contributed by atoms with Crippen LogP contribution in [0.15, 0.2) is 11.4 Å². The van der Waals surface area contributed by atoms with Crippen LogP contribution in [-0.2, 0) is 0 Å². The average Bonchev–Trinajstić information content (AvgIpc) is 2.94. The van der Waals surface area contributed by atoms with Crippen LogP contribution in [0, 0.1) is 0 Å². The topological polar surface area (TPSA) is 37.8 Å². The summed E-state index contributed by atoms with van der Waals surface area (Å²) in [4.78, 5) is 10.7. The maximum absolute atomic E-state index is 4.82. The Morgan fingerprint density at radius 3 is 2.89 bits per heavy atom. The molecule has 1 fully saturated rings. The molecule has 4 heteroatoms. The van der Waals surface area contributed by atoms with Crippen molar-refractivity contribution < 1.29 is 0 Å². The molecular formula is C15H21N3S. The van der Waals surface area contributed by atoms with E-state index in [9.17, 15) is 0 Å². The lowest BCUT2D eigenvalue weighted by atomic mass is 9.89. The minimum absolute atomic E-state index is 0.572. The van der Waals surface area contributed by atoms with E-state index in [1.807, 2.05) is 0 Å². The molecule has 0 atom stereocenters. The van der Waals surface area contributed by atoms with Gasteiger partial charge in [0.1, 0.15) is 16.5 Å². The maximum atomic E-state index is 4.82. The van der Waals surface area contributed by atoms with Gasteiger partial charge < -0.3 is 5.32 Å². The first kappa shape index (κ1) is 12.9. The molecule has 0 unspecified atom stereocenters. The van der Waals surface area contributed by atoms with Crippen LogP contribution in [0.1, 0.15) is 57.2 Å². The standard InChI is InChI=1S/C15H21N3S/c1-2-9-16-14-12-8-10-19-15(12)18-13(17-14)11-6-4-3-5-7-11/h8,10-11H,2-7,9H2,1H3,(H,16,17,18). The summed E-state index contributed by atoms with van der Waals surface area (Å²) in [5.41, 5.74) is 0. The highest BCUT2D eigenvalue weighted by Gasteiger charge is 2.20. The molecule has 0 saturated heterocycles. The Kier molecular flexibility index (Phi) is 3.97. The summed E-state index contributed by atoms with van der Waals surface area (Å²) in [7, 11) is 0. The SMILES string of the molecule is CCCNc1nc(C2CCCCC2)nc2sccc12. The zero-order chi connectivity index (χ0) is 13.1. The summed E-state index contributed by atoms with van der Waals surface area (Å²) in [6.07, 6.45) is 7.66. The van der Waals surface area contributed by atoms with E-state index in [0.29, 0.717) is 5.92 Å². The third kappa shape index (κ3) is 2.73. The lowest BCUT2D eigenvalue weighted by Gasteiger charge is -2.20. The number of hydrogen-bond donors (Lipinski definition) is 1. The van der Waals surface area contributed by atoms with Crippen molar-refractivity contribution in [3.63, 3.8) is 0 Å². The fraction of sp³-hybridized carbons (Fsp3) is 0.600. The van der Waals surface area contributed by atoms with Crippen molar-refractivity contribution in [2.45, 2.75) is 51.4 Å². The van der Waals surface area contributed by atoms with Gasteiger partial charge in [0.05, 0.1) is 5.39 Å². The first-order valence-corrected chi connectivity index (χ1v) is 8.25. The normalized spacial score (nSPS) is 16.9. The molecule has 0 aromatic carbocycles. The molecule has 2 aromatic rings. The maximum Gasteiger partial charge on any atom is 0.138 e. The van der Waals surface area contributed by atoms with Gasteiger partial charge in [-0.25, -0.2) is 9.97 Å². The summed E-state index contributed by atoms with van der Waals surface area (Å²) < 4.78 is 0. The van der Waals surface area contributed by atoms with Gasteiger partial charge in [0, 0.05) is 12.5 Å². The second-order valence-electron chi connectivity index (χ2n) is 5.33. The number of nitrogens with one attached hydrogen (secondary N) is 1. The van der Waals surface area contributed by atoms with Crippen molar-refractivity contribution in [1.29, 1.82) is 0 Å². The van der Waals surface area contributed by atoms with E-state index in [1.165, 1.54) is 37.5 Å². The number of rotatable bonds is 4. The Bertz CT molecular complexity index is 543. The summed E-state index contributed by atoms with van der Waals surface area (Å²) >= 11 is 1.72. The molecule has 0 amide bonds. The van der Waals surface area contributed by atoms with Gasteiger partial charge in [0.2, 0.25) is 0 Å². The highest BCUT2D eigenvalue weighted by atomic mass is 32.1. The number of thiophene rings is 1. The molecule has 1 aliphatic rings. The first-order valence-electron chi connectivity index (χ1n) is 7.37. The third-order valence-corrected chi connectivity index (χ3v) is 4.66. The van der Waals surface area contributed by atoms with Crippen molar-refractivity contribution in [1.82, 2.24) is 9.97 Å². The predicted molar refractivity (Wildman–Crippen MR) is 82.0 cm³/mol. The molecule has 1 N–H and O–H groups in total. The molecule has 0 radical (unpaired) electrons. The number of hydrogen-bond acceptors (Lipinski definition) is 4. The Labute approximate surface area is 118 Å². The Morgan fingerprint density at radius 2 is 2.11 bits per heavy atom. The largest absolute Gasteiger partial charge is 0.369 e. The van der Waals surface area contributed by atoms with Crippen molar-refractivity contribution in [2.75, 3.05) is 11.9 Å². The van der Waals surface area contributed by atoms with Crippen LogP contribution in [0.4, 0.5) is 5.82 Å². The van der Waals surface area contributed by atoms with E-state index in [-0.39, 0.29) is 0 Å². The van der Waals surface area contributed by atoms with Gasteiger partial charge in [0.15, 0.2) is 0 Å². The highest BCUT2D eigenvalue weighted by Crippen LogP contribution is 2.34. The van der Waals surface area contributed by atoms with Crippen LogP contribution in [0.5, 0.6) is 0 Å². The molecule has 1 saturated carbocycles. The van der Waals surface area contributed by atoms with Gasteiger partial charge in [-0.2, -0.15) is 0 Å². The first-order chi connectivity index (χ1) is 9.38. The second-order valence-corrected chi connectivity index (χ2v) is 6.23. The zero-order valence-corrected chi connectivity index (χ0v) is 12.3. The smallest absolute Gasteiger partial charge is 0.138 e. The van der Waals surface area contributed by atoms with Gasteiger partial charge in [0.25, 0.3) is 0 Å². The second kappa shape index (κ2) is 5.87. The van der Waals surface area contributed by atoms with Crippen molar-refractivity contribution >= 4 is 27.4 Å². The van der Waals surface area contributed by atoms with Gasteiger partial charge in [-0.3, -0.25) is 0 Å². The summed E-state index contributed by atoms with van der Waals surface area (Å²) in [5.74, 6) is 2.67. The van der Waals surface area contributed by atoms with Gasteiger partial charge in [-0.1, -0.05) is 26.2 Å². The lowest BCUT2D eigenvalue weighted by molar-refractivity contribution is 0.430. The fourth-order valence-corrected chi connectivity index (χ4v) is 3.56. The van der Waals surface area contributed by atoms with Crippen molar-refractivity contribution in [3.8, 4) is 0 Å². The predicted octanol–water partition coefficient (Wildman–Crippen LogP) is 4.56. The van der Waals surface area contributed by atoms with E-state index in [2.05, 4.69) is 23.7 Å².